The summed E-state index contributed by atoms with van der Waals surface area (Å²) in [4.78, 5) is 12.0. The molecule has 0 aliphatic carbocycles. The average Bonchev–Trinajstić information content (AvgIpc) is 3.08. The normalized spacial score (nSPS) is 10.5. The van der Waals surface area contributed by atoms with Crippen molar-refractivity contribution in [3.63, 3.8) is 0 Å². The van der Waals surface area contributed by atoms with Gasteiger partial charge in [-0.05, 0) is 18.9 Å². The molecule has 0 aliphatic heterocycles. The summed E-state index contributed by atoms with van der Waals surface area (Å²) in [5.74, 6) is 0.0231. The van der Waals surface area contributed by atoms with Gasteiger partial charge < -0.3 is 9.84 Å². The number of benzene rings is 2. The lowest BCUT2D eigenvalue weighted by Gasteiger charge is -2.05. The van der Waals surface area contributed by atoms with Gasteiger partial charge in [-0.15, -0.1) is 0 Å². The molecule has 1 amide bonds. The molecule has 1 aromatic heterocycles. The first-order valence-electron chi connectivity index (χ1n) is 8.03. The molecule has 1 heterocycles. The Balaban J connectivity index is 1.56. The molecule has 4 nitrogen and oxygen atoms in total. The minimum Gasteiger partial charge on any atom is -0.364 e. The van der Waals surface area contributed by atoms with Crippen LogP contribution in [0.5, 0.6) is 0 Å². The van der Waals surface area contributed by atoms with Crippen molar-refractivity contribution in [3.8, 4) is 11.3 Å². The van der Waals surface area contributed by atoms with Gasteiger partial charge >= 0.3 is 0 Å². The highest BCUT2D eigenvalue weighted by Gasteiger charge is 2.12. The van der Waals surface area contributed by atoms with Gasteiger partial charge in [-0.2, -0.15) is 0 Å². The molecular weight excluding hydrogens is 300 g/mol. The zero-order valence-corrected chi connectivity index (χ0v) is 13.7. The van der Waals surface area contributed by atoms with Crippen molar-refractivity contribution in [1.29, 1.82) is 0 Å². The highest BCUT2D eigenvalue weighted by Crippen LogP contribution is 2.23. The molecule has 1 N–H and O–H groups in total. The van der Waals surface area contributed by atoms with Crippen LogP contribution in [0.25, 0.3) is 11.3 Å². The predicted molar refractivity (Wildman–Crippen MR) is 93.3 cm³/mol. The molecule has 0 unspecified atom stereocenters. The van der Waals surface area contributed by atoms with Crippen molar-refractivity contribution in [2.45, 2.75) is 26.3 Å². The van der Waals surface area contributed by atoms with Crippen LogP contribution in [0.4, 0.5) is 0 Å². The maximum atomic E-state index is 12.0. The number of carbonyl (C=O) groups excluding carboxylic acids is 1. The van der Waals surface area contributed by atoms with E-state index in [9.17, 15) is 4.79 Å². The molecule has 0 spiro atoms. The molecule has 0 radical (unpaired) electrons. The van der Waals surface area contributed by atoms with Crippen LogP contribution in [0.3, 0.4) is 0 Å². The van der Waals surface area contributed by atoms with E-state index < -0.39 is 0 Å². The first-order chi connectivity index (χ1) is 11.7. The minimum absolute atomic E-state index is 0.0231. The van der Waals surface area contributed by atoms with E-state index in [0.29, 0.717) is 19.4 Å². The van der Waals surface area contributed by atoms with Crippen LogP contribution in [-0.2, 0) is 17.8 Å². The maximum absolute atomic E-state index is 12.0. The van der Waals surface area contributed by atoms with Gasteiger partial charge in [0.1, 0.15) is 12.0 Å². The molecule has 4 heteroatoms. The summed E-state index contributed by atoms with van der Waals surface area (Å²) in [7, 11) is 0. The van der Waals surface area contributed by atoms with Gasteiger partial charge in [0, 0.05) is 24.1 Å². The minimum atomic E-state index is 0.0231. The van der Waals surface area contributed by atoms with Crippen LogP contribution >= 0.6 is 0 Å². The van der Waals surface area contributed by atoms with Crippen LogP contribution < -0.4 is 5.32 Å². The fourth-order valence-corrected chi connectivity index (χ4v) is 2.52. The second-order valence-electron chi connectivity index (χ2n) is 5.82. The third-order valence-corrected chi connectivity index (χ3v) is 3.92. The fraction of sp³-hybridized carbons (Fsp3) is 0.200. The number of amides is 1. The van der Waals surface area contributed by atoms with Gasteiger partial charge in [0.25, 0.3) is 0 Å². The smallest absolute Gasteiger partial charge is 0.220 e. The summed E-state index contributed by atoms with van der Waals surface area (Å²) in [6.45, 7) is 2.60. The van der Waals surface area contributed by atoms with E-state index in [4.69, 9.17) is 4.52 Å². The summed E-state index contributed by atoms with van der Waals surface area (Å²) >= 11 is 0. The van der Waals surface area contributed by atoms with Crippen LogP contribution in [0.15, 0.2) is 65.4 Å². The first-order valence-corrected chi connectivity index (χ1v) is 8.03. The van der Waals surface area contributed by atoms with E-state index >= 15 is 0 Å². The average molecular weight is 320 g/mol. The van der Waals surface area contributed by atoms with Gasteiger partial charge in [-0.3, -0.25) is 4.79 Å². The zero-order valence-electron chi connectivity index (χ0n) is 13.7. The molecule has 3 rings (SSSR count). The Bertz CT molecular complexity index is 792. The molecule has 0 atom stereocenters. The standard InChI is InChI=1S/C20H20N2O2/c1-15-7-9-17(10-8-15)20-18(14-24-22-20)11-12-19(23)21-13-16-5-3-2-4-6-16/h2-10,14H,11-13H2,1H3,(H,21,23). The van der Waals surface area contributed by atoms with Gasteiger partial charge in [0.05, 0.1) is 0 Å². The van der Waals surface area contributed by atoms with Crippen LogP contribution in [0.1, 0.15) is 23.1 Å². The lowest BCUT2D eigenvalue weighted by atomic mass is 10.0. The monoisotopic (exact) mass is 320 g/mol. The Morgan fingerprint density at radius 1 is 1.08 bits per heavy atom. The van der Waals surface area contributed by atoms with E-state index in [2.05, 4.69) is 10.5 Å². The van der Waals surface area contributed by atoms with E-state index in [1.54, 1.807) is 6.26 Å². The lowest BCUT2D eigenvalue weighted by Crippen LogP contribution is -2.22. The number of aryl methyl sites for hydroxylation is 2. The Morgan fingerprint density at radius 3 is 2.58 bits per heavy atom. The molecule has 122 valence electrons. The number of hydrogen-bond donors (Lipinski definition) is 1. The maximum Gasteiger partial charge on any atom is 0.220 e. The summed E-state index contributed by atoms with van der Waals surface area (Å²) in [6.07, 6.45) is 2.64. The summed E-state index contributed by atoms with van der Waals surface area (Å²) in [6, 6.07) is 18.0. The van der Waals surface area contributed by atoms with Crippen molar-refractivity contribution in [3.05, 3.63) is 77.6 Å². The molecule has 3 aromatic rings. The number of aromatic nitrogens is 1. The summed E-state index contributed by atoms with van der Waals surface area (Å²) < 4.78 is 5.11. The number of nitrogens with one attached hydrogen (secondary N) is 1. The van der Waals surface area contributed by atoms with E-state index in [-0.39, 0.29) is 5.91 Å². The van der Waals surface area contributed by atoms with E-state index in [1.807, 2.05) is 61.5 Å². The number of rotatable bonds is 6. The number of hydrogen-bond acceptors (Lipinski definition) is 3. The topological polar surface area (TPSA) is 55.1 Å². The molecule has 0 fully saturated rings. The Labute approximate surface area is 141 Å². The first kappa shape index (κ1) is 16.0. The van der Waals surface area contributed by atoms with Gasteiger partial charge in [-0.1, -0.05) is 65.3 Å². The summed E-state index contributed by atoms with van der Waals surface area (Å²) in [5, 5.41) is 7.02. The molecule has 0 saturated carbocycles. The van der Waals surface area contributed by atoms with Crippen molar-refractivity contribution in [2.24, 2.45) is 0 Å². The molecular formula is C20H20N2O2. The molecule has 2 aromatic carbocycles. The molecule has 0 aliphatic rings. The molecule has 0 bridgehead atoms. The third-order valence-electron chi connectivity index (χ3n) is 3.92. The van der Waals surface area contributed by atoms with Crippen molar-refractivity contribution in [2.75, 3.05) is 0 Å². The van der Waals surface area contributed by atoms with Gasteiger partial charge in [0.15, 0.2) is 0 Å². The van der Waals surface area contributed by atoms with E-state index in [1.165, 1.54) is 5.56 Å². The van der Waals surface area contributed by atoms with E-state index in [0.717, 1.165) is 22.4 Å². The fourth-order valence-electron chi connectivity index (χ4n) is 2.52. The Morgan fingerprint density at radius 2 is 1.83 bits per heavy atom. The van der Waals surface area contributed by atoms with Crippen molar-refractivity contribution in [1.82, 2.24) is 10.5 Å². The Kier molecular flexibility index (Phi) is 5.06. The number of nitrogens with zero attached hydrogens (tertiary/aromatic N) is 1. The van der Waals surface area contributed by atoms with Crippen LogP contribution in [0, 0.1) is 6.92 Å². The predicted octanol–water partition coefficient (Wildman–Crippen LogP) is 3.90. The highest BCUT2D eigenvalue weighted by atomic mass is 16.5. The quantitative estimate of drug-likeness (QED) is 0.749. The second-order valence-corrected chi connectivity index (χ2v) is 5.82. The zero-order chi connectivity index (χ0) is 16.8. The van der Waals surface area contributed by atoms with Crippen molar-refractivity contribution < 1.29 is 9.32 Å². The summed E-state index contributed by atoms with van der Waals surface area (Å²) in [5.41, 5.74) is 5.06. The largest absolute Gasteiger partial charge is 0.364 e. The van der Waals surface area contributed by atoms with Gasteiger partial charge in [-0.25, -0.2) is 0 Å². The lowest BCUT2D eigenvalue weighted by molar-refractivity contribution is -0.121. The van der Waals surface area contributed by atoms with Crippen LogP contribution in [0.2, 0.25) is 0 Å². The SMILES string of the molecule is Cc1ccc(-c2nocc2CCC(=O)NCc2ccccc2)cc1. The van der Waals surface area contributed by atoms with Gasteiger partial charge in [0.2, 0.25) is 5.91 Å². The van der Waals surface area contributed by atoms with Crippen molar-refractivity contribution >= 4 is 5.91 Å². The third kappa shape index (κ3) is 4.10. The molecule has 24 heavy (non-hydrogen) atoms. The molecule has 0 saturated heterocycles. The number of carbonyl (C=O) groups is 1. The second kappa shape index (κ2) is 7.59. The highest BCUT2D eigenvalue weighted by molar-refractivity contribution is 5.76. The van der Waals surface area contributed by atoms with Crippen LogP contribution in [-0.4, -0.2) is 11.1 Å². The Hall–Kier alpha value is -2.88.